The number of carbonyl (C=O) groups excluding carboxylic acids is 1. The van der Waals surface area contributed by atoms with E-state index in [0.717, 1.165) is 36.1 Å². The Balaban J connectivity index is 1.44. The molecule has 5 nitrogen and oxygen atoms in total. The second-order valence-electron chi connectivity index (χ2n) is 9.61. The Bertz CT molecular complexity index is 1310. The van der Waals surface area contributed by atoms with Crippen LogP contribution in [-0.2, 0) is 11.3 Å². The topological polar surface area (TPSA) is 57.5 Å². The summed E-state index contributed by atoms with van der Waals surface area (Å²) >= 11 is 0. The first-order valence-electron chi connectivity index (χ1n) is 13.1. The van der Waals surface area contributed by atoms with Crippen molar-refractivity contribution in [2.24, 2.45) is 5.92 Å². The summed E-state index contributed by atoms with van der Waals surface area (Å²) in [6.07, 6.45) is 3.71. The Morgan fingerprint density at radius 3 is 2.67 bits per heavy atom. The fourth-order valence-electron chi connectivity index (χ4n) is 5.54. The van der Waals surface area contributed by atoms with Crippen LogP contribution in [-0.4, -0.2) is 41.8 Å². The molecule has 5 heteroatoms. The standard InChI is InChI=1S/C31H35N3O2/c1-2-34(27-13-12-24-15-18-33(17-7-19-35)30(24)21-27)31(36)29-22-32-16-14-28(29)26-11-6-10-25(20-26)23-8-4-3-5-9-23/h3-6,8-13,15,18,20-21,28-29,32,35H,2,7,14,16-17,19,22H2,1H3/t28-,29+/m1/s1. The molecule has 2 atom stereocenters. The molecular formula is C31H35N3O2. The van der Waals surface area contributed by atoms with E-state index < -0.39 is 0 Å². The molecule has 1 aliphatic rings. The van der Waals surface area contributed by atoms with Crippen molar-refractivity contribution in [2.45, 2.75) is 32.2 Å². The molecule has 3 aromatic carbocycles. The summed E-state index contributed by atoms with van der Waals surface area (Å²) in [4.78, 5) is 16.0. The lowest BCUT2D eigenvalue weighted by molar-refractivity contribution is -0.123. The molecular weight excluding hydrogens is 446 g/mol. The monoisotopic (exact) mass is 481 g/mol. The maximum absolute atomic E-state index is 14.0. The van der Waals surface area contributed by atoms with E-state index in [0.29, 0.717) is 19.5 Å². The lowest BCUT2D eigenvalue weighted by atomic mass is 9.79. The number of hydrogen-bond donors (Lipinski definition) is 2. The number of nitrogens with zero attached hydrogens (tertiary/aromatic N) is 2. The first-order valence-corrected chi connectivity index (χ1v) is 13.1. The number of amides is 1. The third-order valence-electron chi connectivity index (χ3n) is 7.43. The highest BCUT2D eigenvalue weighted by Crippen LogP contribution is 2.35. The van der Waals surface area contributed by atoms with Gasteiger partial charge in [-0.05, 0) is 72.5 Å². The Hall–Kier alpha value is -3.41. The van der Waals surface area contributed by atoms with E-state index in [1.54, 1.807) is 0 Å². The van der Waals surface area contributed by atoms with Crippen molar-refractivity contribution in [1.82, 2.24) is 9.88 Å². The number of rotatable bonds is 8. The zero-order valence-electron chi connectivity index (χ0n) is 20.9. The average Bonchev–Trinajstić information content (AvgIpc) is 3.35. The molecule has 1 amide bonds. The molecule has 1 saturated heterocycles. The summed E-state index contributed by atoms with van der Waals surface area (Å²) in [6.45, 7) is 5.20. The van der Waals surface area contributed by atoms with Gasteiger partial charge in [0.05, 0.1) is 11.4 Å². The van der Waals surface area contributed by atoms with Crippen LogP contribution in [0.5, 0.6) is 0 Å². The summed E-state index contributed by atoms with van der Waals surface area (Å²) in [6, 6.07) is 27.5. The van der Waals surface area contributed by atoms with Gasteiger partial charge in [-0.2, -0.15) is 0 Å². The van der Waals surface area contributed by atoms with Crippen LogP contribution < -0.4 is 10.2 Å². The highest BCUT2D eigenvalue weighted by molar-refractivity contribution is 5.98. The Kier molecular flexibility index (Phi) is 7.49. The minimum Gasteiger partial charge on any atom is -0.396 e. The van der Waals surface area contributed by atoms with E-state index in [-0.39, 0.29) is 24.3 Å². The van der Waals surface area contributed by atoms with Gasteiger partial charge in [-0.25, -0.2) is 0 Å². The minimum atomic E-state index is -0.124. The van der Waals surface area contributed by atoms with Crippen LogP contribution in [0.4, 0.5) is 5.69 Å². The van der Waals surface area contributed by atoms with Crippen molar-refractivity contribution < 1.29 is 9.90 Å². The van der Waals surface area contributed by atoms with Gasteiger partial charge in [-0.1, -0.05) is 60.7 Å². The SMILES string of the molecule is CCN(C(=O)[C@H]1CNCC[C@@H]1c1cccc(-c2ccccc2)c1)c1ccc2ccn(CCCO)c2c1. The minimum absolute atomic E-state index is 0.124. The number of anilines is 1. The number of nitrogens with one attached hydrogen (secondary N) is 1. The summed E-state index contributed by atoms with van der Waals surface area (Å²) in [7, 11) is 0. The number of aliphatic hydroxyl groups excluding tert-OH is 1. The van der Waals surface area contributed by atoms with Gasteiger partial charge in [0.2, 0.25) is 5.91 Å². The maximum atomic E-state index is 14.0. The van der Waals surface area contributed by atoms with Gasteiger partial charge in [0.1, 0.15) is 0 Å². The van der Waals surface area contributed by atoms with Crippen LogP contribution in [0, 0.1) is 5.92 Å². The summed E-state index contributed by atoms with van der Waals surface area (Å²) in [5, 5.41) is 13.9. The third-order valence-corrected chi connectivity index (χ3v) is 7.43. The van der Waals surface area contributed by atoms with Crippen molar-refractivity contribution >= 4 is 22.5 Å². The van der Waals surface area contributed by atoms with E-state index in [4.69, 9.17) is 0 Å². The fourth-order valence-corrected chi connectivity index (χ4v) is 5.54. The number of aromatic nitrogens is 1. The molecule has 0 radical (unpaired) electrons. The van der Waals surface area contributed by atoms with Gasteiger partial charge in [0.25, 0.3) is 0 Å². The van der Waals surface area contributed by atoms with E-state index in [9.17, 15) is 9.90 Å². The Morgan fingerprint density at radius 1 is 1.03 bits per heavy atom. The summed E-state index contributed by atoms with van der Waals surface area (Å²) < 4.78 is 2.16. The van der Waals surface area contributed by atoms with Crippen LogP contribution >= 0.6 is 0 Å². The molecule has 5 rings (SSSR count). The van der Waals surface area contributed by atoms with Gasteiger partial charge in [-0.15, -0.1) is 0 Å². The molecule has 4 aromatic rings. The molecule has 2 N–H and O–H groups in total. The molecule has 0 aliphatic carbocycles. The zero-order valence-corrected chi connectivity index (χ0v) is 20.9. The van der Waals surface area contributed by atoms with Crippen molar-refractivity contribution in [3.8, 4) is 11.1 Å². The van der Waals surface area contributed by atoms with Crippen molar-refractivity contribution in [2.75, 3.05) is 31.1 Å². The van der Waals surface area contributed by atoms with Crippen LogP contribution in [0.2, 0.25) is 0 Å². The van der Waals surface area contributed by atoms with Gasteiger partial charge in [0, 0.05) is 38.1 Å². The molecule has 0 spiro atoms. The predicted molar refractivity (Wildman–Crippen MR) is 147 cm³/mol. The first-order chi connectivity index (χ1) is 17.7. The quantitative estimate of drug-likeness (QED) is 0.353. The number of piperidine rings is 1. The van der Waals surface area contributed by atoms with Crippen LogP contribution in [0.15, 0.2) is 85.1 Å². The van der Waals surface area contributed by atoms with Gasteiger partial charge >= 0.3 is 0 Å². The van der Waals surface area contributed by atoms with Crippen LogP contribution in [0.25, 0.3) is 22.0 Å². The van der Waals surface area contributed by atoms with Crippen molar-refractivity contribution in [1.29, 1.82) is 0 Å². The molecule has 0 bridgehead atoms. The third kappa shape index (κ3) is 4.95. The number of benzene rings is 3. The van der Waals surface area contributed by atoms with Gasteiger partial charge in [-0.3, -0.25) is 4.79 Å². The number of aliphatic hydroxyl groups is 1. The Morgan fingerprint density at radius 2 is 1.86 bits per heavy atom. The van der Waals surface area contributed by atoms with E-state index in [1.807, 2.05) is 17.9 Å². The number of aryl methyl sites for hydroxylation is 1. The lowest BCUT2D eigenvalue weighted by Crippen LogP contribution is -2.46. The van der Waals surface area contributed by atoms with Crippen molar-refractivity contribution in [3.05, 3.63) is 90.6 Å². The lowest BCUT2D eigenvalue weighted by Gasteiger charge is -2.35. The molecule has 1 aromatic heterocycles. The number of hydrogen-bond acceptors (Lipinski definition) is 3. The summed E-state index contributed by atoms with van der Waals surface area (Å²) in [5.74, 6) is 0.225. The smallest absolute Gasteiger partial charge is 0.231 e. The van der Waals surface area contributed by atoms with Crippen molar-refractivity contribution in [3.63, 3.8) is 0 Å². The largest absolute Gasteiger partial charge is 0.396 e. The average molecular weight is 482 g/mol. The maximum Gasteiger partial charge on any atom is 0.231 e. The highest BCUT2D eigenvalue weighted by atomic mass is 16.3. The van der Waals surface area contributed by atoms with Crippen LogP contribution in [0.1, 0.15) is 31.2 Å². The molecule has 1 fully saturated rings. The molecule has 36 heavy (non-hydrogen) atoms. The second kappa shape index (κ2) is 11.1. The number of carbonyl (C=O) groups is 1. The molecule has 0 saturated carbocycles. The zero-order chi connectivity index (χ0) is 24.9. The second-order valence-corrected chi connectivity index (χ2v) is 9.61. The molecule has 1 aliphatic heterocycles. The van der Waals surface area contributed by atoms with E-state index >= 15 is 0 Å². The molecule has 0 unspecified atom stereocenters. The summed E-state index contributed by atoms with van der Waals surface area (Å²) in [5.41, 5.74) is 5.66. The van der Waals surface area contributed by atoms with E-state index in [2.05, 4.69) is 88.9 Å². The first kappa shape index (κ1) is 24.3. The van der Waals surface area contributed by atoms with E-state index in [1.165, 1.54) is 16.7 Å². The fraction of sp³-hybridized carbons (Fsp3) is 0.323. The molecule has 186 valence electrons. The van der Waals surface area contributed by atoms with Gasteiger partial charge in [0.15, 0.2) is 0 Å². The van der Waals surface area contributed by atoms with Gasteiger partial charge < -0.3 is 19.9 Å². The predicted octanol–water partition coefficient (Wildman–Crippen LogP) is 5.44. The highest BCUT2D eigenvalue weighted by Gasteiger charge is 2.35. The normalized spacial score (nSPS) is 17.8. The van der Waals surface area contributed by atoms with Crippen LogP contribution in [0.3, 0.4) is 0 Å². The molecule has 2 heterocycles. The number of fused-ring (bicyclic) bond motifs is 1. The Labute approximate surface area is 213 Å².